The van der Waals surface area contributed by atoms with E-state index in [4.69, 9.17) is 14.2 Å². The molecule has 0 bridgehead atoms. The number of hydrogen-bond acceptors (Lipinski definition) is 8. The molecule has 0 aromatic carbocycles. The number of ether oxygens (including phenoxy) is 3. The van der Waals surface area contributed by atoms with Crippen LogP contribution in [-0.2, 0) is 28.6 Å². The van der Waals surface area contributed by atoms with Gasteiger partial charge in [-0.1, -0.05) is 25.2 Å². The van der Waals surface area contributed by atoms with Gasteiger partial charge in [0.05, 0.1) is 37.9 Å². The smallest absolute Gasteiger partial charge is 0.313 e. The van der Waals surface area contributed by atoms with E-state index in [0.29, 0.717) is 39.3 Å². The van der Waals surface area contributed by atoms with Gasteiger partial charge in [0.25, 0.3) is 0 Å². The fourth-order valence-corrected chi connectivity index (χ4v) is 6.05. The summed E-state index contributed by atoms with van der Waals surface area (Å²) in [6, 6.07) is -1.49. The van der Waals surface area contributed by atoms with Crippen LogP contribution in [0.3, 0.4) is 0 Å². The summed E-state index contributed by atoms with van der Waals surface area (Å²) in [6.07, 6.45) is 7.01. The number of aliphatic hydroxyl groups is 1. The van der Waals surface area contributed by atoms with Crippen LogP contribution < -0.4 is 0 Å². The first-order valence-electron chi connectivity index (χ1n) is 12.2. The van der Waals surface area contributed by atoms with E-state index < -0.39 is 41.6 Å². The SMILES string of the molecule is CC[C@@H](CO)N1C(=O)[C@@H]2[C@H]3C(=O)OCC=C[C@H]3O[C@@]23C=CCN(CCN2CCOCC2)C(=O)C13. The van der Waals surface area contributed by atoms with Crippen molar-refractivity contribution in [2.75, 3.05) is 59.2 Å². The molecule has 1 unspecified atom stereocenters. The molecular formula is C24H33N3O7. The van der Waals surface area contributed by atoms with Gasteiger partial charge in [0.1, 0.15) is 24.2 Å². The van der Waals surface area contributed by atoms with E-state index >= 15 is 0 Å². The van der Waals surface area contributed by atoms with Crippen molar-refractivity contribution in [3.8, 4) is 0 Å². The summed E-state index contributed by atoms with van der Waals surface area (Å²) in [5.74, 6) is -2.74. The number of carbonyl (C=O) groups is 3. The van der Waals surface area contributed by atoms with Crippen LogP contribution in [0.25, 0.3) is 0 Å². The van der Waals surface area contributed by atoms with Gasteiger partial charge in [-0.2, -0.15) is 0 Å². The normalized spacial score (nSPS) is 36.6. The third-order valence-corrected chi connectivity index (χ3v) is 7.80. The van der Waals surface area contributed by atoms with Crippen molar-refractivity contribution in [3.63, 3.8) is 0 Å². The number of fused-ring (bicyclic) bond motifs is 2. The standard InChI is InChI=1S/C24H33N3O7/c1-2-16(15-28)27-20-22(30)26(9-8-25-10-13-32-14-11-25)7-4-6-24(20)19(21(27)29)18-17(34-24)5-3-12-33-23(18)31/h3-6,16-20,28H,2,7-15H2,1H3/t16-,17+,18-,19-,20?,24-/m0/s1. The van der Waals surface area contributed by atoms with E-state index in [0.717, 1.165) is 13.1 Å². The number of rotatable bonds is 6. The predicted octanol–water partition coefficient (Wildman–Crippen LogP) is -0.818. The Hall–Kier alpha value is -2.27. The monoisotopic (exact) mass is 475 g/mol. The molecule has 5 rings (SSSR count). The fraction of sp³-hybridized carbons (Fsp3) is 0.708. The van der Waals surface area contributed by atoms with Crippen molar-refractivity contribution in [2.24, 2.45) is 11.8 Å². The molecule has 5 aliphatic rings. The van der Waals surface area contributed by atoms with E-state index in [1.165, 1.54) is 4.90 Å². The number of aliphatic hydroxyl groups excluding tert-OH is 1. The summed E-state index contributed by atoms with van der Waals surface area (Å²) >= 11 is 0. The summed E-state index contributed by atoms with van der Waals surface area (Å²) in [6.45, 7) is 6.34. The van der Waals surface area contributed by atoms with Crippen molar-refractivity contribution in [3.05, 3.63) is 24.3 Å². The Morgan fingerprint density at radius 3 is 2.68 bits per heavy atom. The second-order valence-corrected chi connectivity index (χ2v) is 9.53. The zero-order valence-electron chi connectivity index (χ0n) is 19.5. The third-order valence-electron chi connectivity index (χ3n) is 7.80. The van der Waals surface area contributed by atoms with Gasteiger partial charge in [-0.05, 0) is 12.5 Å². The lowest BCUT2D eigenvalue weighted by Crippen LogP contribution is -2.58. The number of carbonyl (C=O) groups excluding carboxylic acids is 3. The number of morpholine rings is 1. The molecule has 34 heavy (non-hydrogen) atoms. The Bertz CT molecular complexity index is 882. The minimum atomic E-state index is -1.28. The van der Waals surface area contributed by atoms with Crippen LogP contribution >= 0.6 is 0 Å². The molecule has 10 nitrogen and oxygen atoms in total. The first kappa shape index (κ1) is 23.5. The van der Waals surface area contributed by atoms with Crippen LogP contribution in [0.1, 0.15) is 13.3 Å². The molecule has 1 spiro atoms. The molecule has 6 atom stereocenters. The number of likely N-dealkylation sites (tertiary alicyclic amines) is 1. The molecule has 0 radical (unpaired) electrons. The highest BCUT2D eigenvalue weighted by Crippen LogP contribution is 2.53. The van der Waals surface area contributed by atoms with Crippen LogP contribution in [0.2, 0.25) is 0 Å². The van der Waals surface area contributed by atoms with Gasteiger partial charge in [0, 0.05) is 32.7 Å². The summed E-state index contributed by atoms with van der Waals surface area (Å²) in [7, 11) is 0. The molecule has 3 saturated heterocycles. The number of esters is 1. The molecule has 1 N–H and O–H groups in total. The molecule has 5 heterocycles. The number of amides is 2. The number of cyclic esters (lactones) is 1. The van der Waals surface area contributed by atoms with E-state index in [1.54, 1.807) is 17.1 Å². The van der Waals surface area contributed by atoms with Crippen molar-refractivity contribution in [1.82, 2.24) is 14.7 Å². The zero-order valence-corrected chi connectivity index (χ0v) is 19.5. The first-order chi connectivity index (χ1) is 16.5. The van der Waals surface area contributed by atoms with Gasteiger partial charge in [0.2, 0.25) is 11.8 Å². The van der Waals surface area contributed by atoms with Gasteiger partial charge >= 0.3 is 5.97 Å². The van der Waals surface area contributed by atoms with E-state index in [1.807, 2.05) is 19.1 Å². The molecular weight excluding hydrogens is 442 g/mol. The second-order valence-electron chi connectivity index (χ2n) is 9.53. The Morgan fingerprint density at radius 2 is 1.94 bits per heavy atom. The summed E-state index contributed by atoms with van der Waals surface area (Å²) in [4.78, 5) is 46.3. The lowest BCUT2D eigenvalue weighted by atomic mass is 9.78. The van der Waals surface area contributed by atoms with Crippen LogP contribution in [-0.4, -0.2) is 121 Å². The minimum absolute atomic E-state index is 0.133. The van der Waals surface area contributed by atoms with Gasteiger partial charge in [-0.25, -0.2) is 0 Å². The van der Waals surface area contributed by atoms with E-state index in [-0.39, 0.29) is 25.0 Å². The van der Waals surface area contributed by atoms with Crippen LogP contribution in [0.4, 0.5) is 0 Å². The molecule has 186 valence electrons. The number of nitrogens with zero attached hydrogens (tertiary/aromatic N) is 3. The van der Waals surface area contributed by atoms with Gasteiger partial charge in [-0.15, -0.1) is 0 Å². The van der Waals surface area contributed by atoms with Gasteiger partial charge in [-0.3, -0.25) is 19.3 Å². The lowest BCUT2D eigenvalue weighted by Gasteiger charge is -2.38. The third kappa shape index (κ3) is 3.67. The maximum atomic E-state index is 14.0. The highest BCUT2D eigenvalue weighted by Gasteiger charge is 2.72. The Labute approximate surface area is 199 Å². The largest absolute Gasteiger partial charge is 0.461 e. The predicted molar refractivity (Wildman–Crippen MR) is 119 cm³/mol. The zero-order chi connectivity index (χ0) is 23.9. The lowest BCUT2D eigenvalue weighted by molar-refractivity contribution is -0.155. The van der Waals surface area contributed by atoms with Crippen LogP contribution in [0, 0.1) is 11.8 Å². The average molecular weight is 476 g/mol. The average Bonchev–Trinajstić information content (AvgIpc) is 3.15. The minimum Gasteiger partial charge on any atom is -0.461 e. The Balaban J connectivity index is 1.49. The van der Waals surface area contributed by atoms with E-state index in [2.05, 4.69) is 4.90 Å². The fourth-order valence-electron chi connectivity index (χ4n) is 6.05. The van der Waals surface area contributed by atoms with Crippen molar-refractivity contribution in [1.29, 1.82) is 0 Å². The van der Waals surface area contributed by atoms with Crippen LogP contribution in [0.15, 0.2) is 24.3 Å². The maximum Gasteiger partial charge on any atom is 0.313 e. The van der Waals surface area contributed by atoms with E-state index in [9.17, 15) is 19.5 Å². The molecule has 0 aromatic heterocycles. The molecule has 0 saturated carbocycles. The van der Waals surface area contributed by atoms with Gasteiger partial charge in [0.15, 0.2) is 0 Å². The molecule has 3 fully saturated rings. The quantitative estimate of drug-likeness (QED) is 0.392. The molecule has 0 aromatic rings. The summed E-state index contributed by atoms with van der Waals surface area (Å²) < 4.78 is 17.2. The Morgan fingerprint density at radius 1 is 1.15 bits per heavy atom. The Kier molecular flexibility index (Phi) is 6.49. The van der Waals surface area contributed by atoms with Crippen LogP contribution in [0.5, 0.6) is 0 Å². The van der Waals surface area contributed by atoms with Crippen molar-refractivity contribution >= 4 is 17.8 Å². The second kappa shape index (κ2) is 9.41. The summed E-state index contributed by atoms with van der Waals surface area (Å²) in [5.41, 5.74) is -1.28. The highest BCUT2D eigenvalue weighted by atomic mass is 16.6. The molecule has 10 heteroatoms. The molecule has 5 aliphatic heterocycles. The first-order valence-corrected chi connectivity index (χ1v) is 12.2. The molecule has 0 aliphatic carbocycles. The number of hydrogen-bond donors (Lipinski definition) is 1. The van der Waals surface area contributed by atoms with Gasteiger partial charge < -0.3 is 29.1 Å². The van der Waals surface area contributed by atoms with Crippen molar-refractivity contribution < 1.29 is 33.7 Å². The van der Waals surface area contributed by atoms with Crippen molar-refractivity contribution in [2.45, 2.75) is 37.1 Å². The summed E-state index contributed by atoms with van der Waals surface area (Å²) in [5, 5.41) is 10.1. The maximum absolute atomic E-state index is 14.0. The topological polar surface area (TPSA) is 109 Å². The molecule has 2 amide bonds. The highest BCUT2D eigenvalue weighted by molar-refractivity contribution is 5.99.